The third-order valence-electron chi connectivity index (χ3n) is 4.09. The van der Waals surface area contributed by atoms with Gasteiger partial charge in [-0.25, -0.2) is 0 Å². The van der Waals surface area contributed by atoms with Crippen LogP contribution >= 0.6 is 0 Å². The molecule has 0 aliphatic heterocycles. The molecule has 0 aromatic heterocycles. The lowest BCUT2D eigenvalue weighted by Crippen LogP contribution is -2.24. The first-order valence-corrected chi connectivity index (χ1v) is 8.88. The van der Waals surface area contributed by atoms with Gasteiger partial charge in [0.2, 0.25) is 5.91 Å². The number of hydrogen-bond acceptors (Lipinski definition) is 3. The topological polar surface area (TPSA) is 67.4 Å². The van der Waals surface area contributed by atoms with Gasteiger partial charge in [-0.05, 0) is 55.7 Å². The lowest BCUT2D eigenvalue weighted by atomic mass is 10.1. The molecule has 2 aromatic rings. The van der Waals surface area contributed by atoms with Crippen LogP contribution < -0.4 is 15.4 Å². The molecule has 0 aliphatic rings. The monoisotopic (exact) mass is 354 g/mol. The smallest absolute Gasteiger partial charge is 0.251 e. The van der Waals surface area contributed by atoms with E-state index in [1.807, 2.05) is 39.0 Å². The number of rotatable bonds is 8. The Kier molecular flexibility index (Phi) is 7.21. The zero-order valence-electron chi connectivity index (χ0n) is 15.6. The molecule has 0 saturated carbocycles. The summed E-state index contributed by atoms with van der Waals surface area (Å²) in [7, 11) is 0. The van der Waals surface area contributed by atoms with Crippen molar-refractivity contribution in [3.63, 3.8) is 0 Å². The van der Waals surface area contributed by atoms with Crippen LogP contribution in [-0.4, -0.2) is 25.0 Å². The van der Waals surface area contributed by atoms with Gasteiger partial charge in [0.05, 0.1) is 13.0 Å². The number of aryl methyl sites for hydroxylation is 1. The Bertz CT molecular complexity index is 772. The number of ether oxygens (including phenoxy) is 1. The summed E-state index contributed by atoms with van der Waals surface area (Å²) in [5.74, 6) is 0.509. The zero-order valence-corrected chi connectivity index (χ0v) is 15.6. The summed E-state index contributed by atoms with van der Waals surface area (Å²) < 4.78 is 5.71. The van der Waals surface area contributed by atoms with Gasteiger partial charge in [-0.3, -0.25) is 9.59 Å². The lowest BCUT2D eigenvalue weighted by molar-refractivity contribution is -0.116. The van der Waals surface area contributed by atoms with Crippen LogP contribution in [0.3, 0.4) is 0 Å². The van der Waals surface area contributed by atoms with Crippen molar-refractivity contribution in [3.05, 3.63) is 59.2 Å². The van der Waals surface area contributed by atoms with Gasteiger partial charge in [0, 0.05) is 17.8 Å². The van der Waals surface area contributed by atoms with E-state index in [0.717, 1.165) is 23.3 Å². The second-order valence-electron chi connectivity index (χ2n) is 6.18. The molecule has 2 N–H and O–H groups in total. The maximum Gasteiger partial charge on any atom is 0.251 e. The van der Waals surface area contributed by atoms with Crippen LogP contribution in [0, 0.1) is 13.8 Å². The molecular formula is C21H26N2O3. The summed E-state index contributed by atoms with van der Waals surface area (Å²) in [6, 6.07) is 12.8. The van der Waals surface area contributed by atoms with Crippen molar-refractivity contribution in [2.24, 2.45) is 0 Å². The van der Waals surface area contributed by atoms with Crippen LogP contribution in [0.1, 0.15) is 41.3 Å². The molecule has 0 saturated heterocycles. The van der Waals surface area contributed by atoms with E-state index in [1.165, 1.54) is 0 Å². The first-order chi connectivity index (χ1) is 12.5. The average Bonchev–Trinajstić information content (AvgIpc) is 2.63. The lowest BCUT2D eigenvalue weighted by Gasteiger charge is -2.11. The van der Waals surface area contributed by atoms with Gasteiger partial charge < -0.3 is 15.4 Å². The second-order valence-corrected chi connectivity index (χ2v) is 6.18. The van der Waals surface area contributed by atoms with E-state index < -0.39 is 0 Å². The van der Waals surface area contributed by atoms with E-state index in [4.69, 9.17) is 4.74 Å². The Morgan fingerprint density at radius 1 is 1.08 bits per heavy atom. The van der Waals surface area contributed by atoms with Crippen LogP contribution in [0.25, 0.3) is 0 Å². The van der Waals surface area contributed by atoms with Crippen molar-refractivity contribution in [3.8, 4) is 5.75 Å². The molecule has 0 spiro atoms. The third kappa shape index (κ3) is 5.62. The second kappa shape index (κ2) is 9.61. The number of anilines is 1. The van der Waals surface area contributed by atoms with Crippen molar-refractivity contribution < 1.29 is 14.3 Å². The Morgan fingerprint density at radius 3 is 2.62 bits per heavy atom. The van der Waals surface area contributed by atoms with Crippen molar-refractivity contribution >= 4 is 17.5 Å². The van der Waals surface area contributed by atoms with Crippen molar-refractivity contribution in [1.82, 2.24) is 5.32 Å². The van der Waals surface area contributed by atoms with Crippen LogP contribution in [-0.2, 0) is 4.79 Å². The quantitative estimate of drug-likeness (QED) is 0.757. The zero-order chi connectivity index (χ0) is 18.9. The van der Waals surface area contributed by atoms with E-state index in [-0.39, 0.29) is 18.2 Å². The van der Waals surface area contributed by atoms with Crippen LogP contribution in [0.5, 0.6) is 5.75 Å². The van der Waals surface area contributed by atoms with Crippen molar-refractivity contribution in [1.29, 1.82) is 0 Å². The van der Waals surface area contributed by atoms with Crippen LogP contribution in [0.2, 0.25) is 0 Å². The third-order valence-corrected chi connectivity index (χ3v) is 4.09. The highest BCUT2D eigenvalue weighted by Gasteiger charge is 2.08. The van der Waals surface area contributed by atoms with E-state index in [1.54, 1.807) is 24.3 Å². The van der Waals surface area contributed by atoms with Crippen molar-refractivity contribution in [2.45, 2.75) is 33.6 Å². The number of benzene rings is 2. The fourth-order valence-electron chi connectivity index (χ4n) is 2.44. The Labute approximate surface area is 154 Å². The normalized spacial score (nSPS) is 10.3. The molecule has 2 aromatic carbocycles. The number of nitrogens with one attached hydrogen (secondary N) is 2. The van der Waals surface area contributed by atoms with E-state index in [2.05, 4.69) is 10.6 Å². The standard InChI is InChI=1S/C21H26N2O3/c1-4-12-22-21(25)17-8-6-9-18(14-17)23-20(24)11-13-26-19-10-5-7-15(2)16(19)3/h5-10,14H,4,11-13H2,1-3H3,(H,22,25)(H,23,24). The minimum absolute atomic E-state index is 0.138. The molecule has 2 rings (SSSR count). The van der Waals surface area contributed by atoms with Gasteiger partial charge in [0.1, 0.15) is 5.75 Å². The highest BCUT2D eigenvalue weighted by atomic mass is 16.5. The summed E-state index contributed by atoms with van der Waals surface area (Å²) in [4.78, 5) is 24.1. The highest BCUT2D eigenvalue weighted by molar-refractivity contribution is 5.97. The summed E-state index contributed by atoms with van der Waals surface area (Å²) in [5, 5.41) is 5.63. The summed E-state index contributed by atoms with van der Waals surface area (Å²) in [6.45, 7) is 6.95. The largest absolute Gasteiger partial charge is 0.493 e. The molecule has 2 amide bonds. The number of carbonyl (C=O) groups is 2. The SMILES string of the molecule is CCCNC(=O)c1cccc(NC(=O)CCOc2cccc(C)c2C)c1. The minimum Gasteiger partial charge on any atom is -0.493 e. The maximum atomic E-state index is 12.1. The molecular weight excluding hydrogens is 328 g/mol. The first-order valence-electron chi connectivity index (χ1n) is 8.88. The average molecular weight is 354 g/mol. The first kappa shape index (κ1) is 19.5. The Hall–Kier alpha value is -2.82. The van der Waals surface area contributed by atoms with Gasteiger partial charge in [-0.1, -0.05) is 25.1 Å². The Morgan fingerprint density at radius 2 is 1.85 bits per heavy atom. The molecule has 0 aliphatic carbocycles. The van der Waals surface area contributed by atoms with Gasteiger partial charge >= 0.3 is 0 Å². The van der Waals surface area contributed by atoms with Crippen molar-refractivity contribution in [2.75, 3.05) is 18.5 Å². The van der Waals surface area contributed by atoms with Gasteiger partial charge in [0.25, 0.3) is 5.91 Å². The number of hydrogen-bond donors (Lipinski definition) is 2. The van der Waals surface area contributed by atoms with E-state index >= 15 is 0 Å². The number of amides is 2. The summed E-state index contributed by atoms with van der Waals surface area (Å²) in [6.07, 6.45) is 1.11. The molecule has 0 unspecified atom stereocenters. The fourth-order valence-corrected chi connectivity index (χ4v) is 2.44. The molecule has 5 heteroatoms. The predicted molar refractivity (Wildman–Crippen MR) is 104 cm³/mol. The Balaban J connectivity index is 1.86. The van der Waals surface area contributed by atoms with E-state index in [9.17, 15) is 9.59 Å². The molecule has 5 nitrogen and oxygen atoms in total. The fraction of sp³-hybridized carbons (Fsp3) is 0.333. The van der Waals surface area contributed by atoms with Gasteiger partial charge in [-0.2, -0.15) is 0 Å². The minimum atomic E-state index is -0.151. The maximum absolute atomic E-state index is 12.1. The van der Waals surface area contributed by atoms with Crippen LogP contribution in [0.4, 0.5) is 5.69 Å². The molecule has 0 bridgehead atoms. The molecule has 0 fully saturated rings. The predicted octanol–water partition coefficient (Wildman–Crippen LogP) is 3.85. The van der Waals surface area contributed by atoms with E-state index in [0.29, 0.717) is 24.4 Å². The molecule has 0 radical (unpaired) electrons. The van der Waals surface area contributed by atoms with Gasteiger partial charge in [-0.15, -0.1) is 0 Å². The van der Waals surface area contributed by atoms with Gasteiger partial charge in [0.15, 0.2) is 0 Å². The molecule has 0 atom stereocenters. The van der Waals surface area contributed by atoms with Crippen LogP contribution in [0.15, 0.2) is 42.5 Å². The molecule has 138 valence electrons. The molecule has 0 heterocycles. The highest BCUT2D eigenvalue weighted by Crippen LogP contribution is 2.20. The molecule has 26 heavy (non-hydrogen) atoms. The summed E-state index contributed by atoms with van der Waals surface area (Å²) >= 11 is 0. The number of carbonyl (C=O) groups excluding carboxylic acids is 2. The summed E-state index contributed by atoms with van der Waals surface area (Å²) in [5.41, 5.74) is 3.37.